The first-order chi connectivity index (χ1) is 9.58. The van der Waals surface area contributed by atoms with Crippen LogP contribution in [0.4, 0.5) is 0 Å². The first kappa shape index (κ1) is 14.5. The second-order valence-corrected chi connectivity index (χ2v) is 5.18. The minimum Gasteiger partial charge on any atom is -0.355 e. The van der Waals surface area contributed by atoms with Gasteiger partial charge in [0.25, 0.3) is 0 Å². The molecule has 0 saturated heterocycles. The topological polar surface area (TPSA) is 75.5 Å². The van der Waals surface area contributed by atoms with Crippen LogP contribution in [0.25, 0.3) is 11.0 Å². The van der Waals surface area contributed by atoms with Crippen LogP contribution in [-0.4, -0.2) is 34.3 Å². The highest BCUT2D eigenvalue weighted by molar-refractivity contribution is 7.15. The van der Waals surface area contributed by atoms with Gasteiger partial charge in [0.2, 0.25) is 11.8 Å². The van der Waals surface area contributed by atoms with E-state index in [0.29, 0.717) is 23.9 Å². The summed E-state index contributed by atoms with van der Waals surface area (Å²) in [5.41, 5.74) is 0.667. The summed E-state index contributed by atoms with van der Waals surface area (Å²) >= 11 is 7.47. The van der Waals surface area contributed by atoms with Gasteiger partial charge in [-0.25, -0.2) is 4.98 Å². The van der Waals surface area contributed by atoms with E-state index < -0.39 is 0 Å². The van der Waals surface area contributed by atoms with Crippen molar-refractivity contribution in [2.75, 3.05) is 13.1 Å². The average molecular weight is 313 g/mol. The van der Waals surface area contributed by atoms with Gasteiger partial charge in [-0.1, -0.05) is 11.6 Å². The van der Waals surface area contributed by atoms with Gasteiger partial charge in [-0.15, -0.1) is 11.3 Å². The highest BCUT2D eigenvalue weighted by Crippen LogP contribution is 2.22. The maximum absolute atomic E-state index is 11.6. The number of rotatable bonds is 5. The number of carbonyl (C=O) groups excluding carboxylic acids is 2. The molecule has 6 nitrogen and oxygen atoms in total. The van der Waals surface area contributed by atoms with Crippen LogP contribution in [-0.2, 0) is 9.59 Å². The Labute approximate surface area is 124 Å². The van der Waals surface area contributed by atoms with Gasteiger partial charge in [0.1, 0.15) is 0 Å². The monoisotopic (exact) mass is 312 g/mol. The molecule has 0 aliphatic rings. The Morgan fingerprint density at radius 3 is 2.95 bits per heavy atom. The van der Waals surface area contributed by atoms with E-state index in [1.54, 1.807) is 6.08 Å². The van der Waals surface area contributed by atoms with Crippen molar-refractivity contribution in [2.45, 2.75) is 6.92 Å². The van der Waals surface area contributed by atoms with Crippen LogP contribution in [0.15, 0.2) is 17.7 Å². The summed E-state index contributed by atoms with van der Waals surface area (Å²) in [5.74, 6) is -0.378. The summed E-state index contributed by atoms with van der Waals surface area (Å²) in [4.78, 5) is 27.2. The van der Waals surface area contributed by atoms with E-state index in [0.717, 1.165) is 4.96 Å². The molecule has 0 fully saturated rings. The third-order valence-corrected chi connectivity index (χ3v) is 3.48. The molecule has 0 bridgehead atoms. The third kappa shape index (κ3) is 3.58. The SMILES string of the molecule is CC(=O)NCCNC(=O)C=Cc1c(Cl)nc2sccn12. The van der Waals surface area contributed by atoms with Crippen LogP contribution in [0.3, 0.4) is 0 Å². The molecule has 8 heteroatoms. The second-order valence-electron chi connectivity index (χ2n) is 3.95. The zero-order valence-electron chi connectivity index (χ0n) is 10.7. The van der Waals surface area contributed by atoms with E-state index in [2.05, 4.69) is 15.6 Å². The Morgan fingerprint density at radius 2 is 2.20 bits per heavy atom. The molecule has 0 aliphatic carbocycles. The molecule has 2 N–H and O–H groups in total. The number of halogens is 1. The summed E-state index contributed by atoms with van der Waals surface area (Å²) in [6.45, 7) is 2.20. The van der Waals surface area contributed by atoms with Gasteiger partial charge < -0.3 is 10.6 Å². The van der Waals surface area contributed by atoms with E-state index in [1.165, 1.54) is 24.3 Å². The molecule has 2 rings (SSSR count). The van der Waals surface area contributed by atoms with Crippen LogP contribution in [0.2, 0.25) is 5.15 Å². The summed E-state index contributed by atoms with van der Waals surface area (Å²) in [6, 6.07) is 0. The van der Waals surface area contributed by atoms with Crippen LogP contribution in [0.1, 0.15) is 12.6 Å². The molecule has 0 aromatic carbocycles. The lowest BCUT2D eigenvalue weighted by Crippen LogP contribution is -2.32. The molecule has 20 heavy (non-hydrogen) atoms. The summed E-state index contributed by atoms with van der Waals surface area (Å²) < 4.78 is 1.81. The fraction of sp³-hybridized carbons (Fsp3) is 0.250. The zero-order chi connectivity index (χ0) is 14.5. The lowest BCUT2D eigenvalue weighted by molar-refractivity contribution is -0.119. The molecular weight excluding hydrogens is 300 g/mol. The molecule has 0 atom stereocenters. The Bertz CT molecular complexity index is 662. The third-order valence-electron chi connectivity index (χ3n) is 2.44. The van der Waals surface area contributed by atoms with Crippen molar-refractivity contribution in [3.8, 4) is 0 Å². The fourth-order valence-electron chi connectivity index (χ4n) is 1.56. The van der Waals surface area contributed by atoms with Gasteiger partial charge in [0, 0.05) is 37.7 Å². The van der Waals surface area contributed by atoms with Crippen molar-refractivity contribution in [1.29, 1.82) is 0 Å². The van der Waals surface area contributed by atoms with Crippen molar-refractivity contribution in [2.24, 2.45) is 0 Å². The number of amides is 2. The van der Waals surface area contributed by atoms with Gasteiger partial charge in [-0.3, -0.25) is 14.0 Å². The van der Waals surface area contributed by atoms with Crippen LogP contribution < -0.4 is 10.6 Å². The number of hydrogen-bond acceptors (Lipinski definition) is 4. The molecule has 106 valence electrons. The number of fused-ring (bicyclic) bond motifs is 1. The van der Waals surface area contributed by atoms with Crippen molar-refractivity contribution in [3.63, 3.8) is 0 Å². The number of imidazole rings is 1. The van der Waals surface area contributed by atoms with Gasteiger partial charge in [-0.05, 0) is 6.08 Å². The summed E-state index contributed by atoms with van der Waals surface area (Å²) in [6.07, 6.45) is 4.84. The fourth-order valence-corrected chi connectivity index (χ4v) is 2.57. The van der Waals surface area contributed by atoms with Gasteiger partial charge in [-0.2, -0.15) is 0 Å². The highest BCUT2D eigenvalue weighted by Gasteiger charge is 2.08. The largest absolute Gasteiger partial charge is 0.355 e. The molecule has 0 aliphatic heterocycles. The molecule has 0 radical (unpaired) electrons. The van der Waals surface area contributed by atoms with Crippen LogP contribution >= 0.6 is 22.9 Å². The Hall–Kier alpha value is -1.86. The molecular formula is C12H13ClN4O2S. The van der Waals surface area contributed by atoms with Crippen LogP contribution in [0, 0.1) is 0 Å². The molecule has 0 unspecified atom stereocenters. The quantitative estimate of drug-likeness (QED) is 0.646. The first-order valence-electron chi connectivity index (χ1n) is 5.89. The lowest BCUT2D eigenvalue weighted by Gasteiger charge is -2.02. The molecule has 2 aromatic rings. The molecule has 2 aromatic heterocycles. The number of nitrogens with one attached hydrogen (secondary N) is 2. The second kappa shape index (κ2) is 6.53. The van der Waals surface area contributed by atoms with Crippen molar-refractivity contribution in [1.82, 2.24) is 20.0 Å². The maximum Gasteiger partial charge on any atom is 0.244 e. The highest BCUT2D eigenvalue weighted by atomic mass is 35.5. The van der Waals surface area contributed by atoms with E-state index in [9.17, 15) is 9.59 Å². The Balaban J connectivity index is 1.92. The first-order valence-corrected chi connectivity index (χ1v) is 7.15. The van der Waals surface area contributed by atoms with E-state index in [4.69, 9.17) is 11.6 Å². The van der Waals surface area contributed by atoms with Crippen molar-refractivity contribution < 1.29 is 9.59 Å². The van der Waals surface area contributed by atoms with Gasteiger partial charge in [0.15, 0.2) is 10.1 Å². The van der Waals surface area contributed by atoms with Crippen molar-refractivity contribution >= 4 is 45.8 Å². The Morgan fingerprint density at radius 1 is 1.45 bits per heavy atom. The molecule has 2 amide bonds. The number of nitrogens with zero attached hydrogens (tertiary/aromatic N) is 2. The molecule has 0 saturated carbocycles. The van der Waals surface area contributed by atoms with E-state index in [-0.39, 0.29) is 11.8 Å². The Kier molecular flexibility index (Phi) is 4.75. The molecule has 0 spiro atoms. The lowest BCUT2D eigenvalue weighted by atomic mass is 10.4. The minimum atomic E-state index is -0.253. The average Bonchev–Trinajstić information content (AvgIpc) is 2.93. The minimum absolute atomic E-state index is 0.124. The van der Waals surface area contributed by atoms with E-state index in [1.807, 2.05) is 16.0 Å². The van der Waals surface area contributed by atoms with Gasteiger partial charge >= 0.3 is 0 Å². The standard InChI is InChI=1S/C12H13ClN4O2S/c1-8(18)14-4-5-15-10(19)3-2-9-11(13)16-12-17(9)6-7-20-12/h2-3,6-7H,4-5H2,1H3,(H,14,18)(H,15,19). The smallest absolute Gasteiger partial charge is 0.244 e. The number of hydrogen-bond donors (Lipinski definition) is 2. The maximum atomic E-state index is 11.6. The summed E-state index contributed by atoms with van der Waals surface area (Å²) in [7, 11) is 0. The molecule has 2 heterocycles. The van der Waals surface area contributed by atoms with Crippen LogP contribution in [0.5, 0.6) is 0 Å². The number of thiazole rings is 1. The predicted molar refractivity (Wildman–Crippen MR) is 78.8 cm³/mol. The van der Waals surface area contributed by atoms with Gasteiger partial charge in [0.05, 0.1) is 5.69 Å². The number of carbonyl (C=O) groups is 2. The van der Waals surface area contributed by atoms with Crippen molar-refractivity contribution in [3.05, 3.63) is 28.5 Å². The number of aromatic nitrogens is 2. The van der Waals surface area contributed by atoms with E-state index >= 15 is 0 Å². The zero-order valence-corrected chi connectivity index (χ0v) is 12.3. The normalized spacial score (nSPS) is 11.1. The summed E-state index contributed by atoms with van der Waals surface area (Å²) in [5, 5.41) is 7.49. The predicted octanol–water partition coefficient (Wildman–Crippen LogP) is 1.31.